The molecule has 0 radical (unpaired) electrons. The van der Waals surface area contributed by atoms with Crippen molar-refractivity contribution in [3.05, 3.63) is 18.1 Å². The summed E-state index contributed by atoms with van der Waals surface area (Å²) in [5.41, 5.74) is 0.473. The van der Waals surface area contributed by atoms with Gasteiger partial charge in [-0.15, -0.1) is 0 Å². The van der Waals surface area contributed by atoms with Crippen LogP contribution in [-0.2, 0) is 0 Å². The van der Waals surface area contributed by atoms with E-state index in [1.807, 2.05) is 4.90 Å². The van der Waals surface area contributed by atoms with Gasteiger partial charge in [-0.2, -0.15) is 0 Å². The van der Waals surface area contributed by atoms with Crippen LogP contribution in [0, 0.1) is 5.92 Å². The molecule has 0 aromatic carbocycles. The number of carbonyl (C=O) groups is 1. The van der Waals surface area contributed by atoms with E-state index in [2.05, 4.69) is 41.0 Å². The van der Waals surface area contributed by atoms with Gasteiger partial charge in [0.25, 0.3) is 5.91 Å². The van der Waals surface area contributed by atoms with E-state index >= 15 is 0 Å². The fourth-order valence-electron chi connectivity index (χ4n) is 2.31. The Balaban J connectivity index is 1.97. The molecule has 6 nitrogen and oxygen atoms in total. The van der Waals surface area contributed by atoms with Crippen LogP contribution >= 0.6 is 0 Å². The second-order valence-electron chi connectivity index (χ2n) is 5.79. The molecule has 2 rings (SSSR count). The summed E-state index contributed by atoms with van der Waals surface area (Å²) in [6.45, 7) is 11.7. The minimum absolute atomic E-state index is 0.000694. The third-order valence-corrected chi connectivity index (χ3v) is 3.68. The van der Waals surface area contributed by atoms with E-state index in [1.54, 1.807) is 6.07 Å². The van der Waals surface area contributed by atoms with Crippen LogP contribution in [-0.4, -0.2) is 64.9 Å². The van der Waals surface area contributed by atoms with Gasteiger partial charge in [0.2, 0.25) is 0 Å². The van der Waals surface area contributed by atoms with Crippen molar-refractivity contribution in [1.29, 1.82) is 0 Å². The second-order valence-corrected chi connectivity index (χ2v) is 5.79. The summed E-state index contributed by atoms with van der Waals surface area (Å²) in [6.07, 6.45) is 1.46. The minimum Gasteiger partial charge on any atom is -0.370 e. The van der Waals surface area contributed by atoms with E-state index in [0.29, 0.717) is 17.4 Å². The number of hydrogen-bond donors (Lipinski definition) is 1. The van der Waals surface area contributed by atoms with E-state index in [4.69, 9.17) is 0 Å². The molecule has 21 heavy (non-hydrogen) atoms. The lowest BCUT2D eigenvalue weighted by molar-refractivity contribution is 0.0637. The number of amides is 1. The zero-order chi connectivity index (χ0) is 15.2. The fraction of sp³-hybridized carbons (Fsp3) is 0.667. The molecule has 0 atom stereocenters. The van der Waals surface area contributed by atoms with Crippen molar-refractivity contribution in [1.82, 2.24) is 19.8 Å². The molecule has 1 aliphatic rings. The first kappa shape index (κ1) is 15.7. The highest BCUT2D eigenvalue weighted by molar-refractivity contribution is 5.93. The van der Waals surface area contributed by atoms with Gasteiger partial charge in [-0.05, 0) is 12.5 Å². The zero-order valence-electron chi connectivity index (χ0n) is 13.2. The van der Waals surface area contributed by atoms with Crippen LogP contribution in [0.4, 0.5) is 5.82 Å². The summed E-state index contributed by atoms with van der Waals surface area (Å²) in [5, 5.41) is 3.23. The van der Waals surface area contributed by atoms with Crippen LogP contribution in [0.15, 0.2) is 12.4 Å². The topological polar surface area (TPSA) is 61.4 Å². The van der Waals surface area contributed by atoms with Crippen molar-refractivity contribution >= 4 is 11.7 Å². The second kappa shape index (κ2) is 7.36. The predicted molar refractivity (Wildman–Crippen MR) is 83.4 cm³/mol. The van der Waals surface area contributed by atoms with Crippen LogP contribution < -0.4 is 5.32 Å². The SMILES string of the molecule is CCN1CCN(C(=O)c2cc(NCC(C)C)ncn2)CC1. The Labute approximate surface area is 126 Å². The molecule has 1 aromatic heterocycles. The third kappa shape index (κ3) is 4.39. The maximum Gasteiger partial charge on any atom is 0.272 e. The molecular formula is C15H25N5O. The Morgan fingerprint density at radius 3 is 2.62 bits per heavy atom. The maximum atomic E-state index is 12.5. The van der Waals surface area contributed by atoms with E-state index < -0.39 is 0 Å². The van der Waals surface area contributed by atoms with Crippen molar-refractivity contribution in [3.63, 3.8) is 0 Å². The largest absolute Gasteiger partial charge is 0.370 e. The Hall–Kier alpha value is -1.69. The van der Waals surface area contributed by atoms with Crippen molar-refractivity contribution in [2.75, 3.05) is 44.6 Å². The number of hydrogen-bond acceptors (Lipinski definition) is 5. The average Bonchev–Trinajstić information content (AvgIpc) is 2.52. The Morgan fingerprint density at radius 1 is 1.29 bits per heavy atom. The van der Waals surface area contributed by atoms with E-state index in [1.165, 1.54) is 6.33 Å². The lowest BCUT2D eigenvalue weighted by Crippen LogP contribution is -2.48. The number of carbonyl (C=O) groups excluding carboxylic acids is 1. The number of likely N-dealkylation sites (N-methyl/N-ethyl adjacent to an activating group) is 1. The smallest absolute Gasteiger partial charge is 0.272 e. The number of nitrogens with one attached hydrogen (secondary N) is 1. The normalized spacial score (nSPS) is 16.3. The van der Waals surface area contributed by atoms with Gasteiger partial charge < -0.3 is 15.1 Å². The lowest BCUT2D eigenvalue weighted by Gasteiger charge is -2.33. The van der Waals surface area contributed by atoms with Crippen molar-refractivity contribution in [2.24, 2.45) is 5.92 Å². The fourth-order valence-corrected chi connectivity index (χ4v) is 2.31. The summed E-state index contributed by atoms with van der Waals surface area (Å²) >= 11 is 0. The maximum absolute atomic E-state index is 12.5. The summed E-state index contributed by atoms with van der Waals surface area (Å²) in [6, 6.07) is 1.75. The molecule has 1 N–H and O–H groups in total. The first-order valence-corrected chi connectivity index (χ1v) is 7.67. The molecule has 116 valence electrons. The van der Waals surface area contributed by atoms with E-state index in [0.717, 1.165) is 39.3 Å². The molecule has 0 unspecified atom stereocenters. The first-order chi connectivity index (χ1) is 10.1. The molecule has 1 fully saturated rings. The number of nitrogens with zero attached hydrogens (tertiary/aromatic N) is 4. The van der Waals surface area contributed by atoms with Gasteiger partial charge in [0.1, 0.15) is 17.8 Å². The van der Waals surface area contributed by atoms with E-state index in [9.17, 15) is 4.79 Å². The van der Waals surface area contributed by atoms with Gasteiger partial charge in [-0.3, -0.25) is 4.79 Å². The van der Waals surface area contributed by atoms with Crippen LogP contribution in [0.1, 0.15) is 31.3 Å². The van der Waals surface area contributed by atoms with Crippen molar-refractivity contribution in [3.8, 4) is 0 Å². The Morgan fingerprint density at radius 2 is 2.00 bits per heavy atom. The van der Waals surface area contributed by atoms with Gasteiger partial charge in [0.15, 0.2) is 0 Å². The summed E-state index contributed by atoms with van der Waals surface area (Å²) in [7, 11) is 0. The Kier molecular flexibility index (Phi) is 5.50. The molecule has 1 saturated heterocycles. The van der Waals surface area contributed by atoms with Gasteiger partial charge >= 0.3 is 0 Å². The summed E-state index contributed by atoms with van der Waals surface area (Å²) in [5.74, 6) is 1.25. The van der Waals surface area contributed by atoms with Crippen LogP contribution in [0.2, 0.25) is 0 Å². The van der Waals surface area contributed by atoms with Gasteiger partial charge in [-0.25, -0.2) is 9.97 Å². The predicted octanol–water partition coefficient (Wildman–Crippen LogP) is 1.32. The molecule has 1 amide bonds. The monoisotopic (exact) mass is 291 g/mol. The van der Waals surface area contributed by atoms with Gasteiger partial charge in [-0.1, -0.05) is 20.8 Å². The highest BCUT2D eigenvalue weighted by atomic mass is 16.2. The van der Waals surface area contributed by atoms with Crippen LogP contribution in [0.3, 0.4) is 0 Å². The van der Waals surface area contributed by atoms with Crippen molar-refractivity contribution < 1.29 is 4.79 Å². The molecule has 1 aliphatic heterocycles. The molecule has 0 saturated carbocycles. The third-order valence-electron chi connectivity index (χ3n) is 3.68. The quantitative estimate of drug-likeness (QED) is 0.886. The molecular weight excluding hydrogens is 266 g/mol. The number of aromatic nitrogens is 2. The number of rotatable bonds is 5. The van der Waals surface area contributed by atoms with Crippen molar-refractivity contribution in [2.45, 2.75) is 20.8 Å². The van der Waals surface area contributed by atoms with E-state index in [-0.39, 0.29) is 5.91 Å². The Bertz CT molecular complexity index is 469. The summed E-state index contributed by atoms with van der Waals surface area (Å²) in [4.78, 5) is 25.0. The lowest BCUT2D eigenvalue weighted by atomic mass is 10.2. The van der Waals surface area contributed by atoms with Crippen LogP contribution in [0.25, 0.3) is 0 Å². The highest BCUT2D eigenvalue weighted by Gasteiger charge is 2.22. The molecule has 0 bridgehead atoms. The molecule has 6 heteroatoms. The summed E-state index contributed by atoms with van der Waals surface area (Å²) < 4.78 is 0. The van der Waals surface area contributed by atoms with Gasteiger partial charge in [0, 0.05) is 38.8 Å². The minimum atomic E-state index is 0.000694. The first-order valence-electron chi connectivity index (χ1n) is 7.67. The highest BCUT2D eigenvalue weighted by Crippen LogP contribution is 2.10. The molecule has 0 aliphatic carbocycles. The average molecular weight is 291 g/mol. The molecule has 2 heterocycles. The number of piperazine rings is 1. The van der Waals surface area contributed by atoms with Crippen LogP contribution in [0.5, 0.6) is 0 Å². The zero-order valence-corrected chi connectivity index (χ0v) is 13.2. The van der Waals surface area contributed by atoms with Gasteiger partial charge in [0.05, 0.1) is 0 Å². The number of anilines is 1. The molecule has 1 aromatic rings. The standard InChI is InChI=1S/C15H25N5O/c1-4-19-5-7-20(8-6-19)15(21)13-9-14(18-11-17-13)16-10-12(2)3/h9,11-12H,4-8,10H2,1-3H3,(H,16,17,18). The molecule has 0 spiro atoms.